The van der Waals surface area contributed by atoms with Gasteiger partial charge in [0, 0.05) is 17.1 Å². The number of hydrogen-bond donors (Lipinski definition) is 0. The third-order valence-corrected chi connectivity index (χ3v) is 5.89. The van der Waals surface area contributed by atoms with Crippen LogP contribution in [-0.2, 0) is 4.79 Å². The van der Waals surface area contributed by atoms with Crippen LogP contribution in [0.25, 0.3) is 10.6 Å². The number of nitrogens with zero attached hydrogens (tertiary/aromatic N) is 3. The van der Waals surface area contributed by atoms with E-state index < -0.39 is 6.10 Å². The number of carbonyl (C=O) groups is 1. The number of hydrogen-bond acceptors (Lipinski definition) is 5. The Kier molecular flexibility index (Phi) is 6.46. The van der Waals surface area contributed by atoms with Crippen LogP contribution in [0, 0.1) is 0 Å². The van der Waals surface area contributed by atoms with Crippen LogP contribution in [-0.4, -0.2) is 29.3 Å². The molecule has 1 unspecified atom stereocenters. The van der Waals surface area contributed by atoms with Gasteiger partial charge in [-0.25, -0.2) is 0 Å². The molecule has 0 fully saturated rings. The van der Waals surface area contributed by atoms with Crippen molar-refractivity contribution in [3.63, 3.8) is 0 Å². The molecule has 1 aromatic heterocycles. The van der Waals surface area contributed by atoms with Gasteiger partial charge in [0.15, 0.2) is 6.10 Å². The van der Waals surface area contributed by atoms with Gasteiger partial charge in [-0.15, -0.1) is 10.2 Å². The fourth-order valence-corrected chi connectivity index (χ4v) is 3.81. The molecule has 0 saturated heterocycles. The summed E-state index contributed by atoms with van der Waals surface area (Å²) in [6.07, 6.45) is -0.634. The normalized spacial score (nSPS) is 12.1. The largest absolute Gasteiger partial charge is 0.481 e. The van der Waals surface area contributed by atoms with E-state index in [-0.39, 0.29) is 5.91 Å². The van der Waals surface area contributed by atoms with Crippen molar-refractivity contribution in [3.8, 4) is 16.3 Å². The lowest BCUT2D eigenvalue weighted by Gasteiger charge is -2.21. The molecule has 1 amide bonds. The minimum absolute atomic E-state index is 0.169. The Morgan fingerprint density at radius 2 is 1.75 bits per heavy atom. The molecule has 0 N–H and O–H groups in total. The number of anilines is 1. The molecule has 1 atom stereocenters. The van der Waals surface area contributed by atoms with Crippen molar-refractivity contribution < 1.29 is 9.53 Å². The standard InChI is InChI=1S/C21H22BrN3O2S/c1-13(2)17-7-5-6-8-18(17)27-14(3)20(26)25(4)21-24-23-19(28-21)15-9-11-16(22)12-10-15/h5-14H,1-4H3. The van der Waals surface area contributed by atoms with E-state index in [1.807, 2.05) is 48.5 Å². The molecular weight excluding hydrogens is 438 g/mol. The van der Waals surface area contributed by atoms with E-state index in [1.54, 1.807) is 14.0 Å². The molecule has 28 heavy (non-hydrogen) atoms. The first-order chi connectivity index (χ1) is 13.4. The van der Waals surface area contributed by atoms with Gasteiger partial charge in [-0.1, -0.05) is 71.4 Å². The van der Waals surface area contributed by atoms with Crippen molar-refractivity contribution in [1.82, 2.24) is 10.2 Å². The number of carbonyl (C=O) groups excluding carboxylic acids is 1. The smallest absolute Gasteiger partial charge is 0.269 e. The lowest BCUT2D eigenvalue weighted by atomic mass is 10.0. The molecular formula is C21H22BrN3O2S. The molecule has 0 spiro atoms. The molecule has 146 valence electrons. The average Bonchev–Trinajstić information content (AvgIpc) is 3.17. The summed E-state index contributed by atoms with van der Waals surface area (Å²) in [7, 11) is 1.70. The Bertz CT molecular complexity index is 956. The number of ether oxygens (including phenoxy) is 1. The fraction of sp³-hybridized carbons (Fsp3) is 0.286. The molecule has 0 aliphatic heterocycles. The van der Waals surface area contributed by atoms with E-state index in [0.717, 1.165) is 26.4 Å². The number of aromatic nitrogens is 2. The maximum atomic E-state index is 12.9. The van der Waals surface area contributed by atoms with Gasteiger partial charge in [0.05, 0.1) is 0 Å². The average molecular weight is 460 g/mol. The molecule has 0 bridgehead atoms. The number of benzene rings is 2. The number of amides is 1. The Hall–Kier alpha value is -2.25. The lowest BCUT2D eigenvalue weighted by Crippen LogP contribution is -2.38. The van der Waals surface area contributed by atoms with Crippen molar-refractivity contribution >= 4 is 38.3 Å². The first-order valence-corrected chi connectivity index (χ1v) is 10.6. The van der Waals surface area contributed by atoms with Crippen LogP contribution in [0.2, 0.25) is 0 Å². The van der Waals surface area contributed by atoms with E-state index in [9.17, 15) is 4.79 Å². The number of halogens is 1. The van der Waals surface area contributed by atoms with Gasteiger partial charge in [-0.3, -0.25) is 9.69 Å². The van der Waals surface area contributed by atoms with Crippen molar-refractivity contribution in [2.24, 2.45) is 0 Å². The second-order valence-corrected chi connectivity index (χ2v) is 8.62. The van der Waals surface area contributed by atoms with Gasteiger partial charge >= 0.3 is 0 Å². The van der Waals surface area contributed by atoms with E-state index in [1.165, 1.54) is 16.2 Å². The second-order valence-electron chi connectivity index (χ2n) is 6.75. The summed E-state index contributed by atoms with van der Waals surface area (Å²) < 4.78 is 6.98. The predicted molar refractivity (Wildman–Crippen MR) is 117 cm³/mol. The summed E-state index contributed by atoms with van der Waals surface area (Å²) >= 11 is 4.80. The van der Waals surface area contributed by atoms with Crippen molar-refractivity contribution in [1.29, 1.82) is 0 Å². The van der Waals surface area contributed by atoms with Gasteiger partial charge in [0.2, 0.25) is 5.13 Å². The van der Waals surface area contributed by atoms with Crippen LogP contribution in [0.3, 0.4) is 0 Å². The molecule has 2 aromatic carbocycles. The number of likely N-dealkylation sites (N-methyl/N-ethyl adjacent to an activating group) is 1. The SMILES string of the molecule is CC(Oc1ccccc1C(C)C)C(=O)N(C)c1nnc(-c2ccc(Br)cc2)s1. The Morgan fingerprint density at radius 3 is 2.43 bits per heavy atom. The fourth-order valence-electron chi connectivity index (χ4n) is 2.73. The van der Waals surface area contributed by atoms with Gasteiger partial charge < -0.3 is 4.74 Å². The predicted octanol–water partition coefficient (Wildman–Crippen LogP) is 5.52. The van der Waals surface area contributed by atoms with E-state index in [2.05, 4.69) is 40.0 Å². The van der Waals surface area contributed by atoms with Crippen LogP contribution >= 0.6 is 27.3 Å². The summed E-state index contributed by atoms with van der Waals surface area (Å²) in [5.74, 6) is 0.879. The highest BCUT2D eigenvalue weighted by atomic mass is 79.9. The second kappa shape index (κ2) is 8.84. The first kappa shape index (κ1) is 20.5. The highest BCUT2D eigenvalue weighted by Crippen LogP contribution is 2.30. The summed E-state index contributed by atoms with van der Waals surface area (Å²) in [5, 5.41) is 9.70. The molecule has 3 rings (SSSR count). The third-order valence-electron chi connectivity index (χ3n) is 4.32. The molecule has 0 saturated carbocycles. The van der Waals surface area contributed by atoms with Gasteiger partial charge in [0.25, 0.3) is 5.91 Å². The van der Waals surface area contributed by atoms with Crippen LogP contribution in [0.4, 0.5) is 5.13 Å². The maximum Gasteiger partial charge on any atom is 0.269 e. The third kappa shape index (κ3) is 4.59. The van der Waals surface area contributed by atoms with E-state index in [4.69, 9.17) is 4.74 Å². The van der Waals surface area contributed by atoms with Crippen LogP contribution < -0.4 is 9.64 Å². The van der Waals surface area contributed by atoms with Crippen molar-refractivity contribution in [2.45, 2.75) is 32.8 Å². The zero-order valence-corrected chi connectivity index (χ0v) is 18.6. The van der Waals surface area contributed by atoms with Crippen molar-refractivity contribution in [2.75, 3.05) is 11.9 Å². The highest BCUT2D eigenvalue weighted by Gasteiger charge is 2.24. The summed E-state index contributed by atoms with van der Waals surface area (Å²) in [5.41, 5.74) is 2.04. The molecule has 1 heterocycles. The summed E-state index contributed by atoms with van der Waals surface area (Å²) in [6, 6.07) is 15.6. The van der Waals surface area contributed by atoms with Gasteiger partial charge in [-0.05, 0) is 36.6 Å². The lowest BCUT2D eigenvalue weighted by molar-refractivity contribution is -0.124. The van der Waals surface area contributed by atoms with Crippen LogP contribution in [0.15, 0.2) is 53.0 Å². The van der Waals surface area contributed by atoms with Crippen LogP contribution in [0.1, 0.15) is 32.3 Å². The summed E-state index contributed by atoms with van der Waals surface area (Å²) in [4.78, 5) is 14.4. The topological polar surface area (TPSA) is 55.3 Å². The molecule has 3 aromatic rings. The number of rotatable bonds is 6. The molecule has 0 aliphatic carbocycles. The Morgan fingerprint density at radius 1 is 1.07 bits per heavy atom. The quantitative estimate of drug-likeness (QED) is 0.486. The van der Waals surface area contributed by atoms with Gasteiger partial charge in [0.1, 0.15) is 10.8 Å². The molecule has 0 aliphatic rings. The maximum absolute atomic E-state index is 12.9. The van der Waals surface area contributed by atoms with Crippen molar-refractivity contribution in [3.05, 3.63) is 58.6 Å². The monoisotopic (exact) mass is 459 g/mol. The molecule has 0 radical (unpaired) electrons. The zero-order chi connectivity index (χ0) is 20.3. The highest BCUT2D eigenvalue weighted by molar-refractivity contribution is 9.10. The minimum Gasteiger partial charge on any atom is -0.481 e. The number of para-hydroxylation sites is 1. The zero-order valence-electron chi connectivity index (χ0n) is 16.2. The van der Waals surface area contributed by atoms with Gasteiger partial charge in [-0.2, -0.15) is 0 Å². The van der Waals surface area contributed by atoms with E-state index >= 15 is 0 Å². The Balaban J connectivity index is 1.73. The first-order valence-electron chi connectivity index (χ1n) is 8.99. The van der Waals surface area contributed by atoms with E-state index in [0.29, 0.717) is 11.0 Å². The minimum atomic E-state index is -0.634. The summed E-state index contributed by atoms with van der Waals surface area (Å²) in [6.45, 7) is 5.96. The Labute approximate surface area is 177 Å². The molecule has 5 nitrogen and oxygen atoms in total. The molecule has 7 heteroatoms. The van der Waals surface area contributed by atoms with Crippen LogP contribution in [0.5, 0.6) is 5.75 Å².